The van der Waals surface area contributed by atoms with Gasteiger partial charge in [0.25, 0.3) is 0 Å². The summed E-state index contributed by atoms with van der Waals surface area (Å²) in [5.41, 5.74) is 0.240. The molecule has 1 saturated heterocycles. The molecule has 0 aliphatic carbocycles. The molecule has 4 rings (SSSR count). The van der Waals surface area contributed by atoms with Gasteiger partial charge in [-0.15, -0.1) is 0 Å². The fourth-order valence-electron chi connectivity index (χ4n) is 4.54. The molecule has 3 aromatic rings. The van der Waals surface area contributed by atoms with E-state index >= 15 is 0 Å². The van der Waals surface area contributed by atoms with E-state index in [-0.39, 0.29) is 0 Å². The van der Waals surface area contributed by atoms with E-state index in [1.54, 1.807) is 0 Å². The second kappa shape index (κ2) is 15.7. The average Bonchev–Trinajstić information content (AvgIpc) is 3.44. The van der Waals surface area contributed by atoms with E-state index in [2.05, 4.69) is 70.4 Å². The number of carboxylic acids is 3. The Bertz CT molecular complexity index is 1260. The summed E-state index contributed by atoms with van der Waals surface area (Å²) in [6, 6.07) is 22.8. The molecular weight excluding hydrogens is 546 g/mol. The van der Waals surface area contributed by atoms with Gasteiger partial charge < -0.3 is 49.0 Å². The van der Waals surface area contributed by atoms with Crippen LogP contribution in [0.5, 0.6) is 0 Å². The number of carbonyl (C=O) groups is 3. The normalized spacial score (nSPS) is 14.3. The number of ether oxygens (including phenoxy) is 1. The van der Waals surface area contributed by atoms with Gasteiger partial charge in [-0.3, -0.25) is 4.90 Å². The Kier molecular flexibility index (Phi) is 12.0. The Morgan fingerprint density at radius 3 is 2.10 bits per heavy atom. The van der Waals surface area contributed by atoms with Gasteiger partial charge in [0.2, 0.25) is 5.88 Å². The minimum Gasteiger partial charge on any atom is -0.550 e. The first-order chi connectivity index (χ1) is 20.1. The second-order valence-corrected chi connectivity index (χ2v) is 10.2. The molecule has 1 aromatic heterocycles. The number of nitrogens with zero attached hydrogens (tertiary/aromatic N) is 3. The molecule has 1 fully saturated rings. The van der Waals surface area contributed by atoms with Crippen molar-refractivity contribution in [3.63, 3.8) is 0 Å². The highest BCUT2D eigenvalue weighted by Gasteiger charge is 2.29. The Hall–Kier alpha value is -4.26. The third-order valence-corrected chi connectivity index (χ3v) is 6.55. The largest absolute Gasteiger partial charge is 0.550 e. The molecule has 1 aliphatic rings. The first kappa shape index (κ1) is 32.3. The number of hydrogen-bond acceptors (Lipinski definition) is 12. The molecule has 1 atom stereocenters. The summed E-state index contributed by atoms with van der Waals surface area (Å²) in [5, 5.41) is 43.3. The lowest BCUT2D eigenvalue weighted by atomic mass is 9.96. The van der Waals surface area contributed by atoms with Crippen molar-refractivity contribution in [1.29, 1.82) is 0 Å². The van der Waals surface area contributed by atoms with Crippen molar-refractivity contribution in [2.45, 2.75) is 31.9 Å². The molecule has 0 radical (unpaired) electrons. The number of morpholine rings is 1. The molecular formula is C30H34N3O9-3. The van der Waals surface area contributed by atoms with Crippen LogP contribution >= 0.6 is 0 Å². The highest BCUT2D eigenvalue weighted by molar-refractivity contribution is 5.86. The smallest absolute Gasteiger partial charge is 0.228 e. The van der Waals surface area contributed by atoms with Crippen LogP contribution in [0.15, 0.2) is 71.3 Å². The Balaban J connectivity index is 0.000000316. The highest BCUT2D eigenvalue weighted by Crippen LogP contribution is 2.26. The van der Waals surface area contributed by atoms with Crippen LogP contribution in [0.4, 0.5) is 5.88 Å². The molecule has 1 aliphatic heterocycles. The van der Waals surface area contributed by atoms with E-state index < -0.39 is 36.4 Å². The standard InChI is InChI=1S/C24H29N3O2.C6H8O7/c1-20(17-26-12-14-28-15-13-26)18-27(19-21-8-4-2-5-9-21)24-16-23(25-29-24)22-10-6-3-7-11-22;7-3(8)1-6(13,5(11)12)2-4(9)10/h2-11,16,20H,12-15,17-19H2,1H3;13H,1-2H2,(H,7,8)(H,9,10)(H,11,12)/p-3. The zero-order chi connectivity index (χ0) is 30.5. The SMILES string of the molecule is CC(CN1CCOCC1)CN(Cc1ccccc1)c1cc(-c2ccccc2)no1.O=C([O-])CC(O)(CC(=O)[O-])C(=O)[O-]. The average molecular weight is 581 g/mol. The maximum absolute atomic E-state index is 10.1. The van der Waals surface area contributed by atoms with Crippen LogP contribution in [0.2, 0.25) is 0 Å². The van der Waals surface area contributed by atoms with Crippen LogP contribution in [0, 0.1) is 5.92 Å². The molecule has 12 nitrogen and oxygen atoms in total. The lowest BCUT2D eigenvalue weighted by Gasteiger charge is -2.31. The highest BCUT2D eigenvalue weighted by atomic mass is 16.5. The van der Waals surface area contributed by atoms with Crippen molar-refractivity contribution >= 4 is 23.8 Å². The van der Waals surface area contributed by atoms with Gasteiger partial charge in [0.15, 0.2) is 0 Å². The Morgan fingerprint density at radius 1 is 0.976 bits per heavy atom. The third kappa shape index (κ3) is 10.3. The molecule has 0 amide bonds. The number of aromatic nitrogens is 1. The zero-order valence-electron chi connectivity index (χ0n) is 23.3. The predicted molar refractivity (Wildman–Crippen MR) is 145 cm³/mol. The van der Waals surface area contributed by atoms with E-state index in [0.717, 1.165) is 63.1 Å². The maximum atomic E-state index is 10.1. The van der Waals surface area contributed by atoms with Crippen LogP contribution in [0.3, 0.4) is 0 Å². The van der Waals surface area contributed by atoms with Gasteiger partial charge in [0.1, 0.15) is 11.3 Å². The summed E-state index contributed by atoms with van der Waals surface area (Å²) in [7, 11) is 0. The molecule has 0 bridgehead atoms. The lowest BCUT2D eigenvalue weighted by Crippen LogP contribution is -2.54. The van der Waals surface area contributed by atoms with Gasteiger partial charge in [-0.1, -0.05) is 72.7 Å². The molecule has 2 heterocycles. The van der Waals surface area contributed by atoms with Crippen LogP contribution in [0.25, 0.3) is 11.3 Å². The first-order valence-corrected chi connectivity index (χ1v) is 13.5. The number of rotatable bonds is 13. The van der Waals surface area contributed by atoms with Crippen LogP contribution < -0.4 is 20.2 Å². The number of aliphatic carboxylic acids is 3. The molecule has 12 heteroatoms. The minimum absolute atomic E-state index is 0.502. The third-order valence-electron chi connectivity index (χ3n) is 6.55. The van der Waals surface area contributed by atoms with Gasteiger partial charge in [0, 0.05) is 69.1 Å². The van der Waals surface area contributed by atoms with Crippen LogP contribution in [-0.2, 0) is 25.7 Å². The number of benzene rings is 2. The summed E-state index contributed by atoms with van der Waals surface area (Å²) < 4.78 is 11.3. The fraction of sp³-hybridized carbons (Fsp3) is 0.400. The molecule has 1 unspecified atom stereocenters. The van der Waals surface area contributed by atoms with Crippen molar-refractivity contribution in [3.8, 4) is 11.3 Å². The summed E-state index contributed by atoms with van der Waals surface area (Å²) in [4.78, 5) is 34.8. The van der Waals surface area contributed by atoms with Crippen LogP contribution in [-0.4, -0.2) is 78.1 Å². The van der Waals surface area contributed by atoms with Crippen molar-refractivity contribution in [2.75, 3.05) is 44.3 Å². The number of carboxylic acid groups (broad SMARTS) is 3. The summed E-state index contributed by atoms with van der Waals surface area (Å²) in [6.07, 6.45) is -2.72. The Labute approximate surface area is 243 Å². The summed E-state index contributed by atoms with van der Waals surface area (Å²) in [6.45, 7) is 8.79. The van der Waals surface area contributed by atoms with E-state index in [9.17, 15) is 29.7 Å². The first-order valence-electron chi connectivity index (χ1n) is 13.5. The van der Waals surface area contributed by atoms with Gasteiger partial charge in [-0.2, -0.15) is 0 Å². The zero-order valence-corrected chi connectivity index (χ0v) is 23.3. The minimum atomic E-state index is -2.97. The van der Waals surface area contributed by atoms with Gasteiger partial charge >= 0.3 is 0 Å². The van der Waals surface area contributed by atoms with Crippen molar-refractivity contribution in [2.24, 2.45) is 5.92 Å². The van der Waals surface area contributed by atoms with Crippen LogP contribution in [0.1, 0.15) is 25.3 Å². The van der Waals surface area contributed by atoms with E-state index in [4.69, 9.17) is 14.4 Å². The lowest BCUT2D eigenvalue weighted by molar-refractivity contribution is -0.339. The Morgan fingerprint density at radius 2 is 1.55 bits per heavy atom. The monoisotopic (exact) mass is 580 g/mol. The number of aliphatic hydroxyl groups is 1. The molecule has 226 valence electrons. The van der Waals surface area contributed by atoms with Gasteiger partial charge in [0.05, 0.1) is 19.2 Å². The number of anilines is 1. The molecule has 42 heavy (non-hydrogen) atoms. The molecule has 0 saturated carbocycles. The topological polar surface area (TPSA) is 182 Å². The summed E-state index contributed by atoms with van der Waals surface area (Å²) in [5.74, 6) is -4.66. The second-order valence-electron chi connectivity index (χ2n) is 10.2. The van der Waals surface area contributed by atoms with E-state index in [1.807, 2.05) is 18.2 Å². The van der Waals surface area contributed by atoms with E-state index in [1.165, 1.54) is 5.56 Å². The summed E-state index contributed by atoms with van der Waals surface area (Å²) >= 11 is 0. The quantitative estimate of drug-likeness (QED) is 0.262. The fourth-order valence-corrected chi connectivity index (χ4v) is 4.54. The van der Waals surface area contributed by atoms with Gasteiger partial charge in [-0.05, 0) is 11.5 Å². The van der Waals surface area contributed by atoms with E-state index in [0.29, 0.717) is 5.92 Å². The molecule has 1 N–H and O–H groups in total. The van der Waals surface area contributed by atoms with Crippen molar-refractivity contribution in [1.82, 2.24) is 10.1 Å². The van der Waals surface area contributed by atoms with Crippen molar-refractivity contribution in [3.05, 3.63) is 72.3 Å². The number of carbonyl (C=O) groups excluding carboxylic acids is 3. The number of hydrogen-bond donors (Lipinski definition) is 1. The van der Waals surface area contributed by atoms with Gasteiger partial charge in [-0.25, -0.2) is 0 Å². The van der Waals surface area contributed by atoms with Crippen molar-refractivity contribution < 1.29 is 44.1 Å². The molecule has 2 aromatic carbocycles. The predicted octanol–water partition coefficient (Wildman–Crippen LogP) is -0.936. The molecule has 0 spiro atoms. The maximum Gasteiger partial charge on any atom is 0.228 e.